The van der Waals surface area contributed by atoms with Crippen molar-refractivity contribution in [1.82, 2.24) is 14.9 Å². The second kappa shape index (κ2) is 12.5. The molecule has 2 aliphatic rings. The van der Waals surface area contributed by atoms with Crippen LogP contribution in [0.4, 0.5) is 37.8 Å². The number of fused-ring (bicyclic) bond motifs is 1. The van der Waals surface area contributed by atoms with E-state index in [-0.39, 0.29) is 43.2 Å². The molecule has 1 fully saturated rings. The van der Waals surface area contributed by atoms with Crippen molar-refractivity contribution in [2.24, 2.45) is 0 Å². The first-order valence-corrected chi connectivity index (χ1v) is 14.8. The van der Waals surface area contributed by atoms with Crippen molar-refractivity contribution in [3.63, 3.8) is 0 Å². The Kier molecular flexibility index (Phi) is 9.03. The van der Waals surface area contributed by atoms with Crippen molar-refractivity contribution >= 4 is 17.4 Å². The van der Waals surface area contributed by atoms with Crippen molar-refractivity contribution in [3.05, 3.63) is 82.8 Å². The molecule has 1 amide bonds. The van der Waals surface area contributed by atoms with Crippen molar-refractivity contribution in [3.8, 4) is 0 Å². The zero-order valence-corrected chi connectivity index (χ0v) is 25.1. The number of benzene rings is 2. The van der Waals surface area contributed by atoms with Gasteiger partial charge in [-0.05, 0) is 62.1 Å². The molecule has 1 aliphatic carbocycles. The van der Waals surface area contributed by atoms with E-state index in [1.165, 1.54) is 11.2 Å². The van der Waals surface area contributed by atoms with Gasteiger partial charge >= 0.3 is 12.4 Å². The van der Waals surface area contributed by atoms with Crippen LogP contribution in [0.2, 0.25) is 0 Å². The molecule has 0 spiro atoms. The van der Waals surface area contributed by atoms with Gasteiger partial charge < -0.3 is 19.8 Å². The van der Waals surface area contributed by atoms with Gasteiger partial charge in [0.2, 0.25) is 5.91 Å². The molecule has 2 heterocycles. The molecule has 1 aliphatic heterocycles. The summed E-state index contributed by atoms with van der Waals surface area (Å²) in [6.07, 6.45) is -8.88. The number of piperazine rings is 1. The maximum atomic E-state index is 14.2. The highest BCUT2D eigenvalue weighted by Gasteiger charge is 2.40. The number of aliphatic hydroxyl groups excluding tert-OH is 1. The molecule has 13 heteroatoms. The van der Waals surface area contributed by atoms with Crippen LogP contribution < -0.4 is 9.80 Å². The van der Waals surface area contributed by atoms with Crippen LogP contribution in [-0.4, -0.2) is 64.6 Å². The van der Waals surface area contributed by atoms with Crippen molar-refractivity contribution < 1.29 is 36.2 Å². The summed E-state index contributed by atoms with van der Waals surface area (Å²) in [4.78, 5) is 28.2. The Balaban J connectivity index is 1.48. The lowest BCUT2D eigenvalue weighted by Crippen LogP contribution is -2.52. The van der Waals surface area contributed by atoms with E-state index >= 15 is 0 Å². The van der Waals surface area contributed by atoms with Crippen LogP contribution in [0.1, 0.15) is 73.1 Å². The predicted octanol–water partition coefficient (Wildman–Crippen LogP) is 6.40. The minimum atomic E-state index is -5.05. The summed E-state index contributed by atoms with van der Waals surface area (Å²) >= 11 is 0. The Bertz CT molecular complexity index is 1470. The topological polar surface area (TPSA) is 72.8 Å². The Hall–Kier alpha value is -3.87. The van der Waals surface area contributed by atoms with Gasteiger partial charge in [-0.1, -0.05) is 25.1 Å². The van der Waals surface area contributed by atoms with Crippen LogP contribution in [0.25, 0.3) is 0 Å². The zero-order chi connectivity index (χ0) is 32.7. The number of aromatic nitrogens is 2. The zero-order valence-electron chi connectivity index (χ0n) is 25.1. The molecule has 0 unspecified atom stereocenters. The molecule has 0 saturated carbocycles. The van der Waals surface area contributed by atoms with E-state index in [0.29, 0.717) is 48.8 Å². The molecule has 242 valence electrons. The Morgan fingerprint density at radius 3 is 2.11 bits per heavy atom. The molecule has 0 bridgehead atoms. The summed E-state index contributed by atoms with van der Waals surface area (Å²) in [5.41, 5.74) is -1.15. The second-order valence-electron chi connectivity index (χ2n) is 11.9. The molecule has 3 aromatic rings. The number of carbonyl (C=O) groups excluding carboxylic acids is 1. The lowest BCUT2D eigenvalue weighted by atomic mass is 9.91. The van der Waals surface area contributed by atoms with E-state index in [2.05, 4.69) is 9.97 Å². The summed E-state index contributed by atoms with van der Waals surface area (Å²) in [7, 11) is 0. The van der Waals surface area contributed by atoms with Crippen molar-refractivity contribution in [2.75, 3.05) is 42.5 Å². The number of aliphatic hydroxyl groups is 1. The first-order valence-electron chi connectivity index (χ1n) is 14.8. The average Bonchev–Trinajstić information content (AvgIpc) is 3.29. The van der Waals surface area contributed by atoms with Crippen LogP contribution in [0, 0.1) is 0 Å². The number of nitrogens with zero attached hydrogens (tertiary/aromatic N) is 5. The third kappa shape index (κ3) is 6.87. The molecule has 1 saturated heterocycles. The number of hydrogen-bond acceptors (Lipinski definition) is 6. The van der Waals surface area contributed by atoms with E-state index < -0.39 is 41.4 Å². The molecule has 2 aromatic carbocycles. The lowest BCUT2D eigenvalue weighted by molar-refractivity contribution is -0.143. The fourth-order valence-electron chi connectivity index (χ4n) is 6.25. The normalized spacial score (nSPS) is 19.5. The van der Waals surface area contributed by atoms with E-state index in [0.717, 1.165) is 5.56 Å². The monoisotopic (exact) mass is 635 g/mol. The fourth-order valence-corrected chi connectivity index (χ4v) is 6.25. The molecular formula is C32H35F6N5O2. The fraction of sp³-hybridized carbons (Fsp3) is 0.469. The highest BCUT2D eigenvalue weighted by Crippen LogP contribution is 2.43. The van der Waals surface area contributed by atoms with Crippen molar-refractivity contribution in [1.29, 1.82) is 0 Å². The number of anilines is 2. The summed E-state index contributed by atoms with van der Waals surface area (Å²) in [5.74, 6) is -1.18. The van der Waals surface area contributed by atoms with E-state index in [9.17, 15) is 36.2 Å². The van der Waals surface area contributed by atoms with E-state index in [1.54, 1.807) is 30.3 Å². The summed E-state index contributed by atoms with van der Waals surface area (Å²) in [6.45, 7) is 6.59. The van der Waals surface area contributed by atoms with E-state index in [1.807, 2.05) is 30.6 Å². The van der Waals surface area contributed by atoms with Gasteiger partial charge in [0, 0.05) is 50.0 Å². The van der Waals surface area contributed by atoms with Gasteiger partial charge in [0.1, 0.15) is 12.1 Å². The number of halogens is 6. The largest absolute Gasteiger partial charge is 0.416 e. The first-order chi connectivity index (χ1) is 21.1. The molecule has 3 atom stereocenters. The maximum absolute atomic E-state index is 14.2. The van der Waals surface area contributed by atoms with Gasteiger partial charge in [-0.2, -0.15) is 26.3 Å². The van der Waals surface area contributed by atoms with Gasteiger partial charge in [0.05, 0.1) is 28.8 Å². The Morgan fingerprint density at radius 2 is 1.56 bits per heavy atom. The molecule has 0 radical (unpaired) electrons. The number of amides is 1. The number of hydrogen-bond donors (Lipinski definition) is 1. The molecule has 1 N–H and O–H groups in total. The second-order valence-corrected chi connectivity index (χ2v) is 11.9. The molecule has 1 aromatic heterocycles. The smallest absolute Gasteiger partial charge is 0.387 e. The van der Waals surface area contributed by atoms with E-state index in [4.69, 9.17) is 0 Å². The molecule has 7 nitrogen and oxygen atoms in total. The molecule has 5 rings (SSSR count). The van der Waals surface area contributed by atoms with Gasteiger partial charge in [-0.25, -0.2) is 9.97 Å². The number of alkyl halides is 6. The summed E-state index contributed by atoms with van der Waals surface area (Å²) in [6, 6.07) is 10.1. The lowest BCUT2D eigenvalue weighted by Gasteiger charge is -2.39. The number of rotatable bonds is 7. The third-order valence-electron chi connectivity index (χ3n) is 8.57. The van der Waals surface area contributed by atoms with Gasteiger partial charge in [0.15, 0.2) is 0 Å². The molecular weight excluding hydrogens is 600 g/mol. The first kappa shape index (κ1) is 32.5. The van der Waals surface area contributed by atoms with Crippen LogP contribution >= 0.6 is 0 Å². The van der Waals surface area contributed by atoms with Gasteiger partial charge in [-0.3, -0.25) is 4.79 Å². The third-order valence-corrected chi connectivity index (χ3v) is 8.57. The number of carbonyl (C=O) groups is 1. The van der Waals surface area contributed by atoms with Crippen LogP contribution in [0.5, 0.6) is 0 Å². The molecule has 45 heavy (non-hydrogen) atoms. The van der Waals surface area contributed by atoms with Gasteiger partial charge in [-0.15, -0.1) is 0 Å². The Morgan fingerprint density at radius 1 is 0.956 bits per heavy atom. The SMILES string of the molecule is CC(C)N(C[C@@H](C(=O)N1CCN(c2ncnc3c2[C@H](C)C[C@@H]3O)CC1)c1cc(C(F)(F)F)cc(C(F)(F)F)c1)c1ccccc1. The quantitative estimate of drug-likeness (QED) is 0.303. The maximum Gasteiger partial charge on any atom is 0.416 e. The summed E-state index contributed by atoms with van der Waals surface area (Å²) < 4.78 is 83.1. The highest BCUT2D eigenvalue weighted by molar-refractivity contribution is 5.85. The minimum Gasteiger partial charge on any atom is -0.387 e. The van der Waals surface area contributed by atoms with Crippen molar-refractivity contribution in [2.45, 2.75) is 63.5 Å². The average molecular weight is 636 g/mol. The standard InChI is InChI=1S/C32H35F6N5O2/c1-19(2)43(24-7-5-4-6-8-24)17-25(21-14-22(31(33,34)35)16-23(15-21)32(36,37)38)30(45)42-11-9-41(10-12-42)29-27-20(3)13-26(44)28(27)39-18-40-29/h4-8,14-16,18-20,25-26,44H,9-13,17H2,1-3H3/t20-,25-,26+/m1/s1. The van der Waals surface area contributed by atoms with Crippen LogP contribution in [0.3, 0.4) is 0 Å². The number of para-hydroxylation sites is 1. The summed E-state index contributed by atoms with van der Waals surface area (Å²) in [5, 5.41) is 10.4. The Labute approximate surface area is 257 Å². The van der Waals surface area contributed by atoms with Gasteiger partial charge in [0.25, 0.3) is 0 Å². The van der Waals surface area contributed by atoms with Crippen LogP contribution in [0.15, 0.2) is 54.9 Å². The van der Waals surface area contributed by atoms with Crippen LogP contribution in [-0.2, 0) is 17.1 Å². The predicted molar refractivity (Wildman–Crippen MR) is 157 cm³/mol. The minimum absolute atomic E-state index is 0.0268. The highest BCUT2D eigenvalue weighted by atomic mass is 19.4.